The van der Waals surface area contributed by atoms with Gasteiger partial charge in [-0.15, -0.1) is 0 Å². The fourth-order valence-electron chi connectivity index (χ4n) is 1.56. The van der Waals surface area contributed by atoms with Gasteiger partial charge in [0.05, 0.1) is 0 Å². The topological polar surface area (TPSA) is 35.2 Å². The molecule has 90 valence electrons. The number of hydrogen-bond donors (Lipinski definition) is 1. The maximum Gasteiger partial charge on any atom is 0.120 e. The van der Waals surface area contributed by atoms with Crippen LogP contribution in [-0.4, -0.2) is 12.1 Å². The molecule has 16 heavy (non-hydrogen) atoms. The second-order valence-electron chi connectivity index (χ2n) is 4.50. The zero-order chi connectivity index (χ0) is 12.0. The minimum Gasteiger partial charge on any atom is -0.486 e. The molecule has 0 aliphatic carbocycles. The summed E-state index contributed by atoms with van der Waals surface area (Å²) in [7, 11) is 0. The van der Waals surface area contributed by atoms with Crippen LogP contribution in [-0.2, 0) is 6.42 Å². The third-order valence-corrected chi connectivity index (χ3v) is 3.01. The number of hydrogen-bond acceptors (Lipinski definition) is 2. The van der Waals surface area contributed by atoms with E-state index in [1.807, 2.05) is 19.1 Å². The second-order valence-corrected chi connectivity index (χ2v) is 4.50. The Morgan fingerprint density at radius 2 is 1.81 bits per heavy atom. The van der Waals surface area contributed by atoms with Gasteiger partial charge in [0.25, 0.3) is 0 Å². The molecule has 0 spiro atoms. The molecule has 0 aromatic heterocycles. The van der Waals surface area contributed by atoms with Gasteiger partial charge in [0.2, 0.25) is 0 Å². The van der Waals surface area contributed by atoms with Gasteiger partial charge in [-0.3, -0.25) is 0 Å². The molecule has 0 saturated carbocycles. The molecule has 0 bridgehead atoms. The lowest BCUT2D eigenvalue weighted by atomic mass is 10.0. The van der Waals surface area contributed by atoms with Crippen molar-refractivity contribution in [1.82, 2.24) is 0 Å². The summed E-state index contributed by atoms with van der Waals surface area (Å²) in [6, 6.07) is 8.33. The number of rotatable bonds is 6. The molecule has 0 amide bonds. The van der Waals surface area contributed by atoms with E-state index < -0.39 is 0 Å². The molecular formula is C14H23NO. The third kappa shape index (κ3) is 3.53. The quantitative estimate of drug-likeness (QED) is 0.801. The van der Waals surface area contributed by atoms with Crippen LogP contribution in [0.15, 0.2) is 24.3 Å². The molecule has 0 fully saturated rings. The van der Waals surface area contributed by atoms with Crippen molar-refractivity contribution in [2.75, 3.05) is 6.54 Å². The standard InChI is InChI=1S/C14H23NO/c1-4-6-12-7-9-13(10-8-12)16-14(3,5-2)11-15/h7-10H,4-6,11,15H2,1-3H3. The van der Waals surface area contributed by atoms with Crippen molar-refractivity contribution in [3.05, 3.63) is 29.8 Å². The number of benzene rings is 1. The Hall–Kier alpha value is -1.02. The van der Waals surface area contributed by atoms with E-state index in [2.05, 4.69) is 26.0 Å². The number of aryl methyl sites for hydroxylation is 1. The van der Waals surface area contributed by atoms with E-state index in [0.717, 1.165) is 18.6 Å². The van der Waals surface area contributed by atoms with Crippen molar-refractivity contribution >= 4 is 0 Å². The fourth-order valence-corrected chi connectivity index (χ4v) is 1.56. The minimum absolute atomic E-state index is 0.244. The first-order valence-corrected chi connectivity index (χ1v) is 6.11. The molecule has 2 N–H and O–H groups in total. The second kappa shape index (κ2) is 5.90. The van der Waals surface area contributed by atoms with Crippen LogP contribution in [0.3, 0.4) is 0 Å². The van der Waals surface area contributed by atoms with Crippen molar-refractivity contribution in [2.45, 2.75) is 45.6 Å². The van der Waals surface area contributed by atoms with Gasteiger partial charge in [0.1, 0.15) is 11.4 Å². The summed E-state index contributed by atoms with van der Waals surface area (Å²) in [6.45, 7) is 6.87. The van der Waals surface area contributed by atoms with Gasteiger partial charge < -0.3 is 10.5 Å². The summed E-state index contributed by atoms with van der Waals surface area (Å²) in [5.41, 5.74) is 6.84. The van der Waals surface area contributed by atoms with Crippen molar-refractivity contribution in [2.24, 2.45) is 5.73 Å². The van der Waals surface area contributed by atoms with E-state index in [9.17, 15) is 0 Å². The highest BCUT2D eigenvalue weighted by atomic mass is 16.5. The predicted octanol–water partition coefficient (Wildman–Crippen LogP) is 3.15. The summed E-state index contributed by atoms with van der Waals surface area (Å²) < 4.78 is 5.91. The zero-order valence-electron chi connectivity index (χ0n) is 10.6. The minimum atomic E-state index is -0.244. The fraction of sp³-hybridized carbons (Fsp3) is 0.571. The molecule has 2 nitrogen and oxygen atoms in total. The number of nitrogens with two attached hydrogens (primary N) is 1. The van der Waals surface area contributed by atoms with E-state index in [1.54, 1.807) is 0 Å². The van der Waals surface area contributed by atoms with E-state index in [1.165, 1.54) is 12.0 Å². The monoisotopic (exact) mass is 221 g/mol. The molecule has 0 heterocycles. The van der Waals surface area contributed by atoms with Crippen LogP contribution in [0.5, 0.6) is 5.75 Å². The first-order valence-electron chi connectivity index (χ1n) is 6.11. The summed E-state index contributed by atoms with van der Waals surface area (Å²) in [4.78, 5) is 0. The average Bonchev–Trinajstić information content (AvgIpc) is 2.32. The zero-order valence-corrected chi connectivity index (χ0v) is 10.6. The summed E-state index contributed by atoms with van der Waals surface area (Å²) in [5.74, 6) is 0.912. The Kier molecular flexibility index (Phi) is 4.81. The SMILES string of the molecule is CCCc1ccc(OC(C)(CC)CN)cc1. The molecule has 1 rings (SSSR count). The molecule has 1 aromatic rings. The van der Waals surface area contributed by atoms with Gasteiger partial charge in [-0.25, -0.2) is 0 Å². The lowest BCUT2D eigenvalue weighted by molar-refractivity contribution is 0.0935. The highest BCUT2D eigenvalue weighted by molar-refractivity contribution is 5.28. The van der Waals surface area contributed by atoms with Crippen LogP contribution in [0.4, 0.5) is 0 Å². The van der Waals surface area contributed by atoms with E-state index in [0.29, 0.717) is 6.54 Å². The maximum atomic E-state index is 5.91. The summed E-state index contributed by atoms with van der Waals surface area (Å²) in [5, 5.41) is 0. The first-order chi connectivity index (χ1) is 7.63. The van der Waals surface area contributed by atoms with Gasteiger partial charge in [-0.05, 0) is 37.5 Å². The van der Waals surface area contributed by atoms with Crippen LogP contribution in [0.25, 0.3) is 0 Å². The Bertz CT molecular complexity index is 301. The predicted molar refractivity (Wildman–Crippen MR) is 68.8 cm³/mol. The van der Waals surface area contributed by atoms with Crippen molar-refractivity contribution in [3.8, 4) is 5.75 Å². The van der Waals surface area contributed by atoms with Crippen molar-refractivity contribution in [3.63, 3.8) is 0 Å². The lowest BCUT2D eigenvalue weighted by Gasteiger charge is -2.28. The number of ether oxygens (including phenoxy) is 1. The molecule has 0 aliphatic heterocycles. The molecule has 1 unspecified atom stereocenters. The molecule has 2 heteroatoms. The molecule has 0 radical (unpaired) electrons. The molecule has 1 aromatic carbocycles. The largest absolute Gasteiger partial charge is 0.486 e. The van der Waals surface area contributed by atoms with Gasteiger partial charge in [0, 0.05) is 6.54 Å². The Morgan fingerprint density at radius 3 is 2.25 bits per heavy atom. The van der Waals surface area contributed by atoms with Crippen molar-refractivity contribution < 1.29 is 4.74 Å². The Labute approximate surface area is 98.8 Å². The van der Waals surface area contributed by atoms with Crippen molar-refractivity contribution in [1.29, 1.82) is 0 Å². The Morgan fingerprint density at radius 1 is 1.19 bits per heavy atom. The van der Waals surface area contributed by atoms with Crippen LogP contribution >= 0.6 is 0 Å². The van der Waals surface area contributed by atoms with Crippen LogP contribution < -0.4 is 10.5 Å². The third-order valence-electron chi connectivity index (χ3n) is 3.01. The van der Waals surface area contributed by atoms with Crippen LogP contribution in [0.2, 0.25) is 0 Å². The van der Waals surface area contributed by atoms with Gasteiger partial charge in [-0.2, -0.15) is 0 Å². The summed E-state index contributed by atoms with van der Waals surface area (Å²) >= 11 is 0. The highest BCUT2D eigenvalue weighted by Crippen LogP contribution is 2.21. The van der Waals surface area contributed by atoms with Crippen LogP contribution in [0, 0.1) is 0 Å². The van der Waals surface area contributed by atoms with Gasteiger partial charge >= 0.3 is 0 Å². The average molecular weight is 221 g/mol. The van der Waals surface area contributed by atoms with E-state index >= 15 is 0 Å². The summed E-state index contributed by atoms with van der Waals surface area (Å²) in [6.07, 6.45) is 3.22. The van der Waals surface area contributed by atoms with E-state index in [-0.39, 0.29) is 5.60 Å². The van der Waals surface area contributed by atoms with Gasteiger partial charge in [-0.1, -0.05) is 32.4 Å². The first kappa shape index (κ1) is 13.0. The maximum absolute atomic E-state index is 5.91. The highest BCUT2D eigenvalue weighted by Gasteiger charge is 2.21. The Balaban J connectivity index is 2.67. The van der Waals surface area contributed by atoms with Gasteiger partial charge in [0.15, 0.2) is 0 Å². The molecule has 0 saturated heterocycles. The molecular weight excluding hydrogens is 198 g/mol. The molecule has 1 atom stereocenters. The normalized spacial score (nSPS) is 14.5. The lowest BCUT2D eigenvalue weighted by Crippen LogP contribution is -2.39. The van der Waals surface area contributed by atoms with E-state index in [4.69, 9.17) is 10.5 Å². The van der Waals surface area contributed by atoms with Crippen LogP contribution in [0.1, 0.15) is 39.2 Å². The molecule has 0 aliphatic rings. The smallest absolute Gasteiger partial charge is 0.120 e.